The summed E-state index contributed by atoms with van der Waals surface area (Å²) in [5.41, 5.74) is 8.24. The minimum absolute atomic E-state index is 0.249. The van der Waals surface area contributed by atoms with Crippen molar-refractivity contribution in [2.45, 2.75) is 39.0 Å². The quantitative estimate of drug-likeness (QED) is 0.675. The van der Waals surface area contributed by atoms with E-state index in [1.54, 1.807) is 4.68 Å². The summed E-state index contributed by atoms with van der Waals surface area (Å²) < 4.78 is 1.75. The summed E-state index contributed by atoms with van der Waals surface area (Å²) in [6.45, 7) is 6.27. The smallest absolute Gasteiger partial charge is 0.0862 e. The third-order valence-electron chi connectivity index (χ3n) is 3.54. The number of anilines is 1. The van der Waals surface area contributed by atoms with Crippen molar-refractivity contribution in [2.24, 2.45) is 0 Å². The molecule has 2 rings (SSSR count). The highest BCUT2D eigenvalue weighted by Gasteiger charge is 2.22. The summed E-state index contributed by atoms with van der Waals surface area (Å²) in [6, 6.07) is 0. The molecule has 6 nitrogen and oxygen atoms in total. The zero-order chi connectivity index (χ0) is 13.3. The molecule has 2 heterocycles. The molecule has 18 heavy (non-hydrogen) atoms. The van der Waals surface area contributed by atoms with Crippen LogP contribution in [0.25, 0.3) is 0 Å². The molecule has 1 aromatic heterocycles. The average Bonchev–Trinajstić information content (AvgIpc) is 2.80. The van der Waals surface area contributed by atoms with Crippen molar-refractivity contribution < 1.29 is 10.2 Å². The monoisotopic (exact) mass is 254 g/mol. The summed E-state index contributed by atoms with van der Waals surface area (Å²) in [5.74, 6) is 0. The molecule has 1 aromatic rings. The van der Waals surface area contributed by atoms with Gasteiger partial charge in [-0.25, -0.2) is 0 Å². The number of likely N-dealkylation sites (tertiary alicyclic amines) is 1. The Bertz CT molecular complexity index is 418. The van der Waals surface area contributed by atoms with Crippen molar-refractivity contribution in [1.29, 1.82) is 0 Å². The largest absolute Gasteiger partial charge is 0.396 e. The number of β-amino-alcohol motifs (C(OH)–C–C–N with tert-alkyl or cyclic N) is 2. The van der Waals surface area contributed by atoms with Crippen LogP contribution < -0.4 is 5.73 Å². The lowest BCUT2D eigenvalue weighted by Crippen LogP contribution is -2.34. The molecule has 2 unspecified atom stereocenters. The average molecular weight is 254 g/mol. The molecule has 0 radical (unpaired) electrons. The predicted molar refractivity (Wildman–Crippen MR) is 69.2 cm³/mol. The van der Waals surface area contributed by atoms with Crippen LogP contribution in [0.5, 0.6) is 0 Å². The molecule has 0 aliphatic carbocycles. The van der Waals surface area contributed by atoms with E-state index >= 15 is 0 Å². The fourth-order valence-electron chi connectivity index (χ4n) is 2.42. The first-order chi connectivity index (χ1) is 8.47. The van der Waals surface area contributed by atoms with Crippen molar-refractivity contribution in [3.63, 3.8) is 0 Å². The minimum atomic E-state index is -0.493. The Morgan fingerprint density at radius 1 is 1.44 bits per heavy atom. The Hall–Kier alpha value is -1.11. The van der Waals surface area contributed by atoms with Gasteiger partial charge in [0.15, 0.2) is 0 Å². The van der Waals surface area contributed by atoms with Crippen molar-refractivity contribution >= 4 is 5.69 Å². The molecule has 2 atom stereocenters. The van der Waals surface area contributed by atoms with E-state index in [0.29, 0.717) is 25.3 Å². The number of hydrogen-bond donors (Lipinski definition) is 3. The fraction of sp³-hybridized carbons (Fsp3) is 0.750. The molecule has 0 spiro atoms. The first-order valence-corrected chi connectivity index (χ1v) is 6.35. The second-order valence-corrected chi connectivity index (χ2v) is 5.12. The first kappa shape index (κ1) is 13.3. The number of aliphatic hydroxyl groups excluding tert-OH is 2. The van der Waals surface area contributed by atoms with Crippen LogP contribution >= 0.6 is 0 Å². The Morgan fingerprint density at radius 3 is 2.67 bits per heavy atom. The van der Waals surface area contributed by atoms with Crippen LogP contribution in [-0.4, -0.2) is 56.7 Å². The molecular weight excluding hydrogens is 232 g/mol. The molecule has 4 N–H and O–H groups in total. The highest BCUT2D eigenvalue weighted by Crippen LogP contribution is 2.15. The molecule has 1 aliphatic rings. The van der Waals surface area contributed by atoms with E-state index in [9.17, 15) is 10.2 Å². The van der Waals surface area contributed by atoms with Gasteiger partial charge in [-0.3, -0.25) is 9.58 Å². The summed E-state index contributed by atoms with van der Waals surface area (Å²) in [5, 5.41) is 23.8. The van der Waals surface area contributed by atoms with Crippen LogP contribution in [0, 0.1) is 13.8 Å². The molecule has 1 fully saturated rings. The van der Waals surface area contributed by atoms with Crippen molar-refractivity contribution in [3.05, 3.63) is 11.4 Å². The molecule has 102 valence electrons. The SMILES string of the molecule is Cc1nn(CC(O)CN2CCC(O)C2)c(C)c1N. The van der Waals surface area contributed by atoms with Gasteiger partial charge in [0.1, 0.15) is 0 Å². The molecule has 6 heteroatoms. The van der Waals surface area contributed by atoms with Gasteiger partial charge in [0, 0.05) is 19.6 Å². The molecular formula is C12H22N4O2. The van der Waals surface area contributed by atoms with Crippen LogP contribution in [0.1, 0.15) is 17.8 Å². The number of hydrogen-bond acceptors (Lipinski definition) is 5. The zero-order valence-electron chi connectivity index (χ0n) is 11.0. The van der Waals surface area contributed by atoms with Crippen molar-refractivity contribution in [2.75, 3.05) is 25.4 Å². The molecule has 0 bridgehead atoms. The van der Waals surface area contributed by atoms with Crippen LogP contribution in [0.15, 0.2) is 0 Å². The number of aliphatic hydroxyl groups is 2. The topological polar surface area (TPSA) is 87.5 Å². The minimum Gasteiger partial charge on any atom is -0.396 e. The van der Waals surface area contributed by atoms with Crippen molar-refractivity contribution in [3.8, 4) is 0 Å². The Balaban J connectivity index is 1.90. The highest BCUT2D eigenvalue weighted by molar-refractivity contribution is 5.46. The second kappa shape index (κ2) is 5.26. The zero-order valence-corrected chi connectivity index (χ0v) is 11.0. The number of nitrogens with zero attached hydrogens (tertiary/aromatic N) is 3. The van der Waals surface area contributed by atoms with Crippen LogP contribution in [0.3, 0.4) is 0 Å². The fourth-order valence-corrected chi connectivity index (χ4v) is 2.42. The lowest BCUT2D eigenvalue weighted by molar-refractivity contribution is 0.0962. The van der Waals surface area contributed by atoms with E-state index in [1.807, 2.05) is 13.8 Å². The van der Waals surface area contributed by atoms with Gasteiger partial charge in [0.2, 0.25) is 0 Å². The Kier molecular flexibility index (Phi) is 3.89. The highest BCUT2D eigenvalue weighted by atomic mass is 16.3. The van der Waals surface area contributed by atoms with E-state index < -0.39 is 6.10 Å². The second-order valence-electron chi connectivity index (χ2n) is 5.12. The lowest BCUT2D eigenvalue weighted by Gasteiger charge is -2.19. The normalized spacial score (nSPS) is 22.6. The molecule has 0 saturated carbocycles. The summed E-state index contributed by atoms with van der Waals surface area (Å²) in [7, 11) is 0. The van der Waals surface area contributed by atoms with Gasteiger partial charge in [-0.2, -0.15) is 5.10 Å². The number of nitrogen functional groups attached to an aromatic ring is 1. The lowest BCUT2D eigenvalue weighted by atomic mass is 10.3. The molecule has 0 aromatic carbocycles. The standard InChI is InChI=1S/C12H22N4O2/c1-8-12(13)9(2)16(14-8)7-11(18)6-15-4-3-10(17)5-15/h10-11,17-18H,3-7,13H2,1-2H3. The van der Waals surface area contributed by atoms with Gasteiger partial charge in [0.05, 0.1) is 35.8 Å². The maximum Gasteiger partial charge on any atom is 0.0862 e. The first-order valence-electron chi connectivity index (χ1n) is 6.35. The molecule has 1 saturated heterocycles. The van der Waals surface area contributed by atoms with E-state index in [-0.39, 0.29) is 6.10 Å². The van der Waals surface area contributed by atoms with Gasteiger partial charge in [-0.15, -0.1) is 0 Å². The van der Waals surface area contributed by atoms with Crippen LogP contribution in [-0.2, 0) is 6.54 Å². The van der Waals surface area contributed by atoms with Gasteiger partial charge < -0.3 is 15.9 Å². The predicted octanol–water partition coefficient (Wildman–Crippen LogP) is -0.490. The van der Waals surface area contributed by atoms with E-state index in [1.165, 1.54) is 0 Å². The van der Waals surface area contributed by atoms with Gasteiger partial charge in [0.25, 0.3) is 0 Å². The number of aromatic nitrogens is 2. The molecule has 1 aliphatic heterocycles. The maximum atomic E-state index is 10.0. The Morgan fingerprint density at radius 2 is 2.17 bits per heavy atom. The third kappa shape index (κ3) is 2.82. The maximum absolute atomic E-state index is 10.0. The van der Waals surface area contributed by atoms with E-state index in [0.717, 1.165) is 24.4 Å². The number of aryl methyl sites for hydroxylation is 1. The van der Waals surface area contributed by atoms with Gasteiger partial charge in [-0.1, -0.05) is 0 Å². The summed E-state index contributed by atoms with van der Waals surface area (Å²) in [4.78, 5) is 2.07. The Labute approximate surface area is 107 Å². The van der Waals surface area contributed by atoms with Gasteiger partial charge in [-0.05, 0) is 20.3 Å². The third-order valence-corrected chi connectivity index (χ3v) is 3.54. The van der Waals surface area contributed by atoms with Crippen molar-refractivity contribution in [1.82, 2.24) is 14.7 Å². The summed E-state index contributed by atoms with van der Waals surface area (Å²) in [6.07, 6.45) is 0.0498. The number of rotatable bonds is 4. The van der Waals surface area contributed by atoms with E-state index in [4.69, 9.17) is 5.73 Å². The molecule has 0 amide bonds. The van der Waals surface area contributed by atoms with E-state index in [2.05, 4.69) is 10.00 Å². The summed E-state index contributed by atoms with van der Waals surface area (Å²) >= 11 is 0. The van der Waals surface area contributed by atoms with Crippen LogP contribution in [0.4, 0.5) is 5.69 Å². The van der Waals surface area contributed by atoms with Crippen LogP contribution in [0.2, 0.25) is 0 Å². The number of nitrogens with two attached hydrogens (primary N) is 1. The van der Waals surface area contributed by atoms with Gasteiger partial charge >= 0.3 is 0 Å².